The summed E-state index contributed by atoms with van der Waals surface area (Å²) < 4.78 is 17.4. The largest absolute Gasteiger partial charge is 1.00 e. The monoisotopic (exact) mass is 655 g/mol. The first-order chi connectivity index (χ1) is 22.2. The van der Waals surface area contributed by atoms with Crippen LogP contribution in [0.2, 0.25) is 0 Å². The molecule has 0 amide bonds. The van der Waals surface area contributed by atoms with E-state index < -0.39 is 36.7 Å². The second kappa shape index (κ2) is 15.2. The van der Waals surface area contributed by atoms with Gasteiger partial charge in [-0.05, 0) is 98.2 Å². The van der Waals surface area contributed by atoms with Crippen LogP contribution in [0.5, 0.6) is 17.2 Å². The Bertz CT molecular complexity index is 1690. The third kappa shape index (κ3) is 7.67. The Balaban J connectivity index is 0.00000433. The predicted molar refractivity (Wildman–Crippen MR) is 167 cm³/mol. The first kappa shape index (κ1) is 34.9. The van der Waals surface area contributed by atoms with Crippen molar-refractivity contribution in [1.29, 1.82) is 0 Å². The smallest absolute Gasteiger partial charge is 0.547 e. The summed E-state index contributed by atoms with van der Waals surface area (Å²) in [6.45, 7) is 3.63. The number of phenolic OH excluding ortho intramolecular Hbond substituents is 1. The maximum Gasteiger partial charge on any atom is 1.00 e. The molecule has 11 nitrogen and oxygen atoms in total. The van der Waals surface area contributed by atoms with Crippen LogP contribution in [0.15, 0.2) is 66.7 Å². The number of carboxylic acid groups (broad SMARTS) is 1. The molecule has 4 N–H and O–H groups in total. The number of carboxylic acids is 1. The van der Waals surface area contributed by atoms with E-state index in [0.717, 1.165) is 24.3 Å². The molecule has 0 aliphatic carbocycles. The van der Waals surface area contributed by atoms with E-state index in [0.29, 0.717) is 39.3 Å². The third-order valence-corrected chi connectivity index (χ3v) is 9.51. The summed E-state index contributed by atoms with van der Waals surface area (Å²) in [4.78, 5) is 28.3. The summed E-state index contributed by atoms with van der Waals surface area (Å²) >= 11 is 1.34. The van der Waals surface area contributed by atoms with Crippen molar-refractivity contribution in [2.45, 2.75) is 50.0 Å². The molecule has 1 aromatic heterocycles. The van der Waals surface area contributed by atoms with Gasteiger partial charge in [0.1, 0.15) is 48.3 Å². The molecule has 5 atom stereocenters. The Morgan fingerprint density at radius 2 is 1.57 bits per heavy atom. The Kier molecular flexibility index (Phi) is 11.3. The number of aliphatic hydroxyl groups excluding tert-OH is 3. The van der Waals surface area contributed by atoms with Crippen molar-refractivity contribution in [3.63, 3.8) is 0 Å². The van der Waals surface area contributed by atoms with Gasteiger partial charge in [-0.1, -0.05) is 6.42 Å². The zero-order valence-corrected chi connectivity index (χ0v) is 26.6. The number of carbonyl (C=O) groups excluding carboxylic acids is 2. The molecule has 2 unspecified atom stereocenters. The first-order valence-corrected chi connectivity index (χ1v) is 15.9. The number of thiophene rings is 1. The van der Waals surface area contributed by atoms with Crippen LogP contribution in [-0.4, -0.2) is 94.0 Å². The molecule has 2 aliphatic heterocycles. The fraction of sp³-hybridized carbons (Fsp3) is 0.353. The zero-order valence-electron chi connectivity index (χ0n) is 25.8. The van der Waals surface area contributed by atoms with Gasteiger partial charge in [0, 0.05) is 32.6 Å². The van der Waals surface area contributed by atoms with E-state index in [1.165, 1.54) is 36.7 Å². The van der Waals surface area contributed by atoms with E-state index >= 15 is 0 Å². The fourth-order valence-electron chi connectivity index (χ4n) is 5.80. The molecule has 242 valence electrons. The molecule has 2 fully saturated rings. The van der Waals surface area contributed by atoms with Gasteiger partial charge in [-0.3, -0.25) is 9.69 Å². The SMILES string of the molecule is O=C(c1ccc(OCCN2CCCCC2)cc1)c1c(-c2ccc(O[C@@H]3OC(C(=O)[O-])[C@@H](O)[C@@H](O)C3O)cc2)sc2cc(O)ccc12.[Li+]. The number of aromatic hydroxyl groups is 1. The molecule has 2 saturated heterocycles. The van der Waals surface area contributed by atoms with Gasteiger partial charge in [-0.2, -0.15) is 0 Å². The number of rotatable bonds is 10. The van der Waals surface area contributed by atoms with Crippen molar-refractivity contribution in [3.8, 4) is 27.7 Å². The molecule has 0 spiro atoms. The second-order valence-corrected chi connectivity index (χ2v) is 12.5. The molecule has 13 heteroatoms. The summed E-state index contributed by atoms with van der Waals surface area (Å²) in [5.74, 6) is -1.03. The normalized spacial score (nSPS) is 23.2. The van der Waals surface area contributed by atoms with E-state index in [1.54, 1.807) is 60.7 Å². The Hall–Kier alpha value is -3.44. The van der Waals surface area contributed by atoms with Crippen LogP contribution in [0.3, 0.4) is 0 Å². The summed E-state index contributed by atoms with van der Waals surface area (Å²) in [5.41, 5.74) is 1.61. The average molecular weight is 656 g/mol. The number of piperidine rings is 1. The number of aliphatic carboxylic acids is 1. The molecule has 0 saturated carbocycles. The van der Waals surface area contributed by atoms with Gasteiger partial charge >= 0.3 is 18.9 Å². The van der Waals surface area contributed by atoms with Crippen molar-refractivity contribution in [2.24, 2.45) is 0 Å². The summed E-state index contributed by atoms with van der Waals surface area (Å²) in [5, 5.41) is 52.4. The molecule has 4 aromatic rings. The number of hydrogen-bond donors (Lipinski definition) is 4. The van der Waals surface area contributed by atoms with Crippen LogP contribution in [0.4, 0.5) is 0 Å². The number of phenols is 1. The number of fused-ring (bicyclic) bond motifs is 1. The number of ketones is 1. The molecule has 3 aromatic carbocycles. The Morgan fingerprint density at radius 1 is 0.894 bits per heavy atom. The van der Waals surface area contributed by atoms with Gasteiger partial charge in [-0.15, -0.1) is 11.3 Å². The van der Waals surface area contributed by atoms with E-state index in [-0.39, 0.29) is 36.1 Å². The van der Waals surface area contributed by atoms with Gasteiger partial charge in [0.05, 0.1) is 5.97 Å². The minimum Gasteiger partial charge on any atom is -0.547 e. The third-order valence-electron chi connectivity index (χ3n) is 8.31. The van der Waals surface area contributed by atoms with Crippen molar-refractivity contribution in [3.05, 3.63) is 77.9 Å². The number of hydrogen-bond acceptors (Lipinski definition) is 12. The number of benzene rings is 3. The maximum absolute atomic E-state index is 14.0. The van der Waals surface area contributed by atoms with Crippen molar-refractivity contribution < 1.29 is 68.2 Å². The van der Waals surface area contributed by atoms with Crippen LogP contribution in [0.25, 0.3) is 20.5 Å². The summed E-state index contributed by atoms with van der Waals surface area (Å²) in [7, 11) is 0. The van der Waals surface area contributed by atoms with Crippen molar-refractivity contribution >= 4 is 33.2 Å². The Morgan fingerprint density at radius 3 is 2.26 bits per heavy atom. The van der Waals surface area contributed by atoms with Gasteiger partial charge in [-0.25, -0.2) is 0 Å². The minimum absolute atomic E-state index is 0. The number of likely N-dealkylation sites (tertiary alicyclic amines) is 1. The van der Waals surface area contributed by atoms with Gasteiger partial charge < -0.3 is 44.5 Å². The van der Waals surface area contributed by atoms with Gasteiger partial charge in [0.15, 0.2) is 5.78 Å². The number of nitrogens with zero attached hydrogens (tertiary/aromatic N) is 1. The van der Waals surface area contributed by atoms with Crippen molar-refractivity contribution in [1.82, 2.24) is 4.90 Å². The fourth-order valence-corrected chi connectivity index (χ4v) is 7.03. The van der Waals surface area contributed by atoms with Gasteiger partial charge in [0.2, 0.25) is 6.29 Å². The minimum atomic E-state index is -1.90. The van der Waals surface area contributed by atoms with Crippen molar-refractivity contribution in [2.75, 3.05) is 26.2 Å². The van der Waals surface area contributed by atoms with Gasteiger partial charge in [0.25, 0.3) is 0 Å². The topological polar surface area (TPSA) is 169 Å². The first-order valence-electron chi connectivity index (χ1n) is 15.1. The average Bonchev–Trinajstić information content (AvgIpc) is 3.44. The van der Waals surface area contributed by atoms with Crippen LogP contribution < -0.4 is 33.4 Å². The second-order valence-electron chi connectivity index (χ2n) is 11.4. The number of aliphatic hydroxyl groups is 3. The quantitative estimate of drug-likeness (QED) is 0.126. The molecule has 2 aliphatic rings. The van der Waals surface area contributed by atoms with E-state index in [4.69, 9.17) is 14.2 Å². The predicted octanol–water partition coefficient (Wildman–Crippen LogP) is -0.690. The van der Waals surface area contributed by atoms with E-state index in [9.17, 15) is 35.1 Å². The molecule has 0 radical (unpaired) electrons. The van der Waals surface area contributed by atoms with E-state index in [1.807, 2.05) is 0 Å². The number of carbonyl (C=O) groups is 2. The zero-order chi connectivity index (χ0) is 32.4. The van der Waals surface area contributed by atoms with Crippen LogP contribution >= 0.6 is 11.3 Å². The molecular weight excluding hydrogens is 621 g/mol. The maximum atomic E-state index is 14.0. The van der Waals surface area contributed by atoms with Crippen LogP contribution in [-0.2, 0) is 9.53 Å². The number of ether oxygens (including phenoxy) is 3. The molecule has 3 heterocycles. The van der Waals surface area contributed by atoms with Crippen LogP contribution in [0, 0.1) is 0 Å². The molecule has 47 heavy (non-hydrogen) atoms. The summed E-state index contributed by atoms with van der Waals surface area (Å²) in [6, 6.07) is 18.4. The molecule has 6 rings (SSSR count). The standard InChI is InChI=1S/C34H35NO10S.Li/c36-21-8-13-24-25(18-21)46-32(20-6-11-23(12-7-20)44-34-30(40)28(38)29(39)31(45-34)33(41)42)26(24)27(37)19-4-9-22(10-5-19)43-17-16-35-14-2-1-3-15-35;/h4-13,18,28-31,34,36,38-40H,1-3,14-17H2,(H,41,42);/q;+1/p-1/t28-,29+,30?,31?,34-;/m1./s1. The summed E-state index contributed by atoms with van der Waals surface area (Å²) in [6.07, 6.45) is -5.21. The van der Waals surface area contributed by atoms with Crippen LogP contribution in [0.1, 0.15) is 35.2 Å². The molecular formula is C34H34LiNO10S. The Labute approximate surface area is 287 Å². The molecule has 0 bridgehead atoms. The van der Waals surface area contributed by atoms with E-state index in [2.05, 4.69) is 4.90 Å².